The molecule has 2 aromatic rings. The molecule has 0 spiro atoms. The van der Waals surface area contributed by atoms with Crippen LogP contribution in [0.5, 0.6) is 0 Å². The van der Waals surface area contributed by atoms with Crippen LogP contribution in [0.25, 0.3) is 17.3 Å². The molecular weight excluding hydrogens is 215 g/mol. The lowest BCUT2D eigenvalue weighted by atomic mass is 10.1. The van der Waals surface area contributed by atoms with Crippen LogP contribution in [0.3, 0.4) is 0 Å². The lowest BCUT2D eigenvalue weighted by Gasteiger charge is -2.02. The Morgan fingerprint density at radius 2 is 1.88 bits per heavy atom. The van der Waals surface area contributed by atoms with Crippen LogP contribution in [0.1, 0.15) is 11.1 Å². The second-order valence-electron chi connectivity index (χ2n) is 3.47. The fraction of sp³-hybridized carbons (Fsp3) is 0. The summed E-state index contributed by atoms with van der Waals surface area (Å²) in [5.74, 6) is -0.738. The van der Waals surface area contributed by atoms with E-state index in [0.29, 0.717) is 5.69 Å². The van der Waals surface area contributed by atoms with Crippen molar-refractivity contribution in [3.05, 3.63) is 60.1 Å². The maximum Gasteiger partial charge on any atom is 0.231 e. The van der Waals surface area contributed by atoms with Gasteiger partial charge in [0, 0.05) is 5.56 Å². The van der Waals surface area contributed by atoms with Crippen LogP contribution in [0.15, 0.2) is 43.0 Å². The van der Waals surface area contributed by atoms with Crippen LogP contribution in [0.4, 0.5) is 4.39 Å². The van der Waals surface area contributed by atoms with E-state index in [1.807, 2.05) is 24.3 Å². The zero-order valence-corrected chi connectivity index (χ0v) is 9.02. The molecule has 0 N–H and O–H groups in total. The van der Waals surface area contributed by atoms with E-state index in [1.54, 1.807) is 18.2 Å². The zero-order chi connectivity index (χ0) is 12.3. The third kappa shape index (κ3) is 2.21. The first-order valence-corrected chi connectivity index (χ1v) is 5.04. The lowest BCUT2D eigenvalue weighted by Crippen LogP contribution is -1.92. The Morgan fingerprint density at radius 1 is 1.18 bits per heavy atom. The van der Waals surface area contributed by atoms with Crippen molar-refractivity contribution in [1.82, 2.24) is 4.98 Å². The smallest absolute Gasteiger partial charge is 0.219 e. The van der Waals surface area contributed by atoms with Crippen molar-refractivity contribution < 1.29 is 4.39 Å². The molecule has 0 aliphatic rings. The van der Waals surface area contributed by atoms with Crippen molar-refractivity contribution in [3.63, 3.8) is 0 Å². The number of nitrogens with zero attached hydrogens (tertiary/aromatic N) is 2. The predicted octanol–water partition coefficient (Wildman–Crippen LogP) is 3.40. The van der Waals surface area contributed by atoms with Crippen LogP contribution in [-0.2, 0) is 0 Å². The Balaban J connectivity index is 2.43. The van der Waals surface area contributed by atoms with E-state index < -0.39 is 5.95 Å². The van der Waals surface area contributed by atoms with Crippen molar-refractivity contribution in [1.29, 1.82) is 5.26 Å². The Bertz CT molecular complexity index is 595. The normalized spacial score (nSPS) is 9.65. The molecule has 0 atom stereocenters. The van der Waals surface area contributed by atoms with Gasteiger partial charge in [-0.25, -0.2) is 4.98 Å². The SMILES string of the molecule is C=Cc1ccc(-c2ccc(C#N)c(F)n2)cc1. The maximum absolute atomic E-state index is 13.3. The molecule has 0 unspecified atom stereocenters. The summed E-state index contributed by atoms with van der Waals surface area (Å²) in [6, 6.07) is 12.2. The average molecular weight is 224 g/mol. The maximum atomic E-state index is 13.3. The van der Waals surface area contributed by atoms with Crippen LogP contribution in [0.2, 0.25) is 0 Å². The molecule has 2 nitrogen and oxygen atoms in total. The Hall–Kier alpha value is -2.47. The molecule has 0 aliphatic heterocycles. The minimum Gasteiger partial charge on any atom is -0.219 e. The molecule has 0 aliphatic carbocycles. The Morgan fingerprint density at radius 3 is 2.41 bits per heavy atom. The van der Waals surface area contributed by atoms with Gasteiger partial charge in [-0.2, -0.15) is 9.65 Å². The Kier molecular flexibility index (Phi) is 2.97. The molecule has 0 saturated carbocycles. The number of halogens is 1. The van der Waals surface area contributed by atoms with Gasteiger partial charge in [0.1, 0.15) is 11.6 Å². The summed E-state index contributed by atoms with van der Waals surface area (Å²) >= 11 is 0. The summed E-state index contributed by atoms with van der Waals surface area (Å²) < 4.78 is 13.3. The third-order valence-electron chi connectivity index (χ3n) is 2.41. The van der Waals surface area contributed by atoms with Gasteiger partial charge >= 0.3 is 0 Å². The molecule has 0 saturated heterocycles. The number of pyridine rings is 1. The highest BCUT2D eigenvalue weighted by atomic mass is 19.1. The predicted molar refractivity (Wildman–Crippen MR) is 64.4 cm³/mol. The first-order chi connectivity index (χ1) is 8.24. The number of hydrogen-bond acceptors (Lipinski definition) is 2. The highest BCUT2D eigenvalue weighted by Gasteiger charge is 2.05. The Labute approximate surface area is 98.7 Å². The van der Waals surface area contributed by atoms with Gasteiger partial charge in [-0.15, -0.1) is 0 Å². The van der Waals surface area contributed by atoms with Crippen LogP contribution < -0.4 is 0 Å². The second kappa shape index (κ2) is 4.58. The van der Waals surface area contributed by atoms with Crippen LogP contribution in [-0.4, -0.2) is 4.98 Å². The van der Waals surface area contributed by atoms with E-state index in [-0.39, 0.29) is 5.56 Å². The summed E-state index contributed by atoms with van der Waals surface area (Å²) in [5.41, 5.74) is 2.26. The lowest BCUT2D eigenvalue weighted by molar-refractivity contribution is 0.581. The standard InChI is InChI=1S/C14H9FN2/c1-2-10-3-5-11(6-4-10)13-8-7-12(9-16)14(15)17-13/h2-8H,1H2. The van der Waals surface area contributed by atoms with E-state index in [0.717, 1.165) is 11.1 Å². The van der Waals surface area contributed by atoms with E-state index in [1.165, 1.54) is 6.07 Å². The largest absolute Gasteiger partial charge is 0.231 e. The summed E-state index contributed by atoms with van der Waals surface area (Å²) in [6.45, 7) is 3.66. The fourth-order valence-electron chi connectivity index (χ4n) is 1.47. The van der Waals surface area contributed by atoms with Gasteiger partial charge in [0.25, 0.3) is 0 Å². The first kappa shape index (κ1) is 11.0. The number of rotatable bonds is 2. The molecule has 0 radical (unpaired) electrons. The molecule has 0 fully saturated rings. The van der Waals surface area contributed by atoms with Gasteiger partial charge in [-0.3, -0.25) is 0 Å². The number of hydrogen-bond donors (Lipinski definition) is 0. The second-order valence-corrected chi connectivity index (χ2v) is 3.47. The molecule has 3 heteroatoms. The minimum absolute atomic E-state index is 0.0449. The van der Waals surface area contributed by atoms with Crippen molar-refractivity contribution in [2.45, 2.75) is 0 Å². The molecule has 1 aromatic carbocycles. The summed E-state index contributed by atoms with van der Waals surface area (Å²) in [4.78, 5) is 3.75. The van der Waals surface area contributed by atoms with E-state index in [4.69, 9.17) is 5.26 Å². The number of nitriles is 1. The summed E-state index contributed by atoms with van der Waals surface area (Å²) in [7, 11) is 0. The van der Waals surface area contributed by atoms with E-state index in [9.17, 15) is 4.39 Å². The summed E-state index contributed by atoms with van der Waals surface area (Å²) in [5, 5.41) is 8.61. The van der Waals surface area contributed by atoms with Gasteiger partial charge < -0.3 is 0 Å². The molecule has 2 rings (SSSR count). The summed E-state index contributed by atoms with van der Waals surface area (Å²) in [6.07, 6.45) is 1.73. The van der Waals surface area contributed by atoms with Crippen molar-refractivity contribution in [2.24, 2.45) is 0 Å². The van der Waals surface area contributed by atoms with E-state index in [2.05, 4.69) is 11.6 Å². The topological polar surface area (TPSA) is 36.7 Å². The third-order valence-corrected chi connectivity index (χ3v) is 2.41. The van der Waals surface area contributed by atoms with Gasteiger partial charge in [0.15, 0.2) is 0 Å². The molecule has 0 bridgehead atoms. The average Bonchev–Trinajstić information content (AvgIpc) is 2.39. The highest BCUT2D eigenvalue weighted by molar-refractivity contribution is 5.62. The van der Waals surface area contributed by atoms with Gasteiger partial charge in [-0.05, 0) is 17.7 Å². The molecule has 1 aromatic heterocycles. The van der Waals surface area contributed by atoms with Crippen molar-refractivity contribution in [3.8, 4) is 17.3 Å². The van der Waals surface area contributed by atoms with Crippen LogP contribution in [0, 0.1) is 17.3 Å². The van der Waals surface area contributed by atoms with Crippen molar-refractivity contribution in [2.75, 3.05) is 0 Å². The minimum atomic E-state index is -0.738. The van der Waals surface area contributed by atoms with E-state index >= 15 is 0 Å². The quantitative estimate of drug-likeness (QED) is 0.733. The molecular formula is C14H9FN2. The molecule has 0 amide bonds. The highest BCUT2D eigenvalue weighted by Crippen LogP contribution is 2.19. The van der Waals surface area contributed by atoms with Gasteiger partial charge in [-0.1, -0.05) is 36.9 Å². The van der Waals surface area contributed by atoms with Gasteiger partial charge in [0.2, 0.25) is 5.95 Å². The van der Waals surface area contributed by atoms with Crippen molar-refractivity contribution >= 4 is 6.08 Å². The van der Waals surface area contributed by atoms with Gasteiger partial charge in [0.05, 0.1) is 5.69 Å². The molecule has 82 valence electrons. The monoisotopic (exact) mass is 224 g/mol. The molecule has 1 heterocycles. The zero-order valence-electron chi connectivity index (χ0n) is 9.02. The first-order valence-electron chi connectivity index (χ1n) is 5.04. The number of benzene rings is 1. The molecule has 17 heavy (non-hydrogen) atoms. The fourth-order valence-corrected chi connectivity index (χ4v) is 1.47. The van der Waals surface area contributed by atoms with Crippen LogP contribution >= 0.6 is 0 Å². The number of aromatic nitrogens is 1.